The molecule has 20 heavy (non-hydrogen) atoms. The SMILES string of the molecule is CCCN(Cc1cccnc1C#N)CC1CCNCC1. The molecule has 0 atom stereocenters. The van der Waals surface area contributed by atoms with Gasteiger partial charge in [0, 0.05) is 24.8 Å². The highest BCUT2D eigenvalue weighted by molar-refractivity contribution is 5.30. The molecule has 1 aliphatic heterocycles. The van der Waals surface area contributed by atoms with Gasteiger partial charge in [0.05, 0.1) is 0 Å². The summed E-state index contributed by atoms with van der Waals surface area (Å²) in [6.45, 7) is 7.55. The lowest BCUT2D eigenvalue weighted by Crippen LogP contribution is -2.36. The number of nitriles is 1. The van der Waals surface area contributed by atoms with E-state index in [9.17, 15) is 0 Å². The van der Waals surface area contributed by atoms with Crippen molar-refractivity contribution >= 4 is 0 Å². The summed E-state index contributed by atoms with van der Waals surface area (Å²) in [6, 6.07) is 6.14. The molecule has 0 aliphatic carbocycles. The summed E-state index contributed by atoms with van der Waals surface area (Å²) < 4.78 is 0. The van der Waals surface area contributed by atoms with Crippen LogP contribution in [0.3, 0.4) is 0 Å². The molecule has 2 rings (SSSR count). The van der Waals surface area contributed by atoms with Crippen molar-refractivity contribution in [3.05, 3.63) is 29.6 Å². The first-order valence-electron chi connectivity index (χ1n) is 7.60. The molecule has 1 aromatic heterocycles. The minimum atomic E-state index is 0.568. The lowest BCUT2D eigenvalue weighted by atomic mass is 9.97. The smallest absolute Gasteiger partial charge is 0.144 e. The largest absolute Gasteiger partial charge is 0.317 e. The molecule has 0 spiro atoms. The predicted octanol–water partition coefficient (Wildman–Crippen LogP) is 2.16. The molecule has 4 nitrogen and oxygen atoms in total. The fourth-order valence-corrected chi connectivity index (χ4v) is 2.89. The molecular formula is C16H24N4. The first kappa shape index (κ1) is 15.0. The highest BCUT2D eigenvalue weighted by Crippen LogP contribution is 2.16. The molecule has 108 valence electrons. The van der Waals surface area contributed by atoms with E-state index in [1.54, 1.807) is 6.20 Å². The first-order chi connectivity index (χ1) is 9.83. The van der Waals surface area contributed by atoms with Crippen molar-refractivity contribution in [1.29, 1.82) is 5.26 Å². The van der Waals surface area contributed by atoms with Crippen molar-refractivity contribution in [3.63, 3.8) is 0 Å². The molecule has 4 heteroatoms. The van der Waals surface area contributed by atoms with Gasteiger partial charge in [0.25, 0.3) is 0 Å². The molecule has 0 amide bonds. The normalized spacial score (nSPS) is 16.2. The number of rotatable bonds is 6. The van der Waals surface area contributed by atoms with Gasteiger partial charge in [0.2, 0.25) is 0 Å². The van der Waals surface area contributed by atoms with Crippen LogP contribution in [0.25, 0.3) is 0 Å². The summed E-state index contributed by atoms with van der Waals surface area (Å²) in [6.07, 6.45) is 5.36. The Bertz CT molecular complexity index is 446. The summed E-state index contributed by atoms with van der Waals surface area (Å²) in [4.78, 5) is 6.64. The average Bonchev–Trinajstić information content (AvgIpc) is 2.49. The second-order valence-electron chi connectivity index (χ2n) is 5.55. The molecule has 0 saturated carbocycles. The topological polar surface area (TPSA) is 52.0 Å². The quantitative estimate of drug-likeness (QED) is 0.862. The van der Waals surface area contributed by atoms with Crippen molar-refractivity contribution in [1.82, 2.24) is 15.2 Å². The van der Waals surface area contributed by atoms with Crippen molar-refractivity contribution in [2.75, 3.05) is 26.2 Å². The second kappa shape index (κ2) is 7.98. The monoisotopic (exact) mass is 272 g/mol. The Balaban J connectivity index is 1.99. The lowest BCUT2D eigenvalue weighted by molar-refractivity contribution is 0.198. The molecule has 0 bridgehead atoms. The Morgan fingerprint density at radius 1 is 1.45 bits per heavy atom. The molecule has 1 aliphatic rings. The summed E-state index contributed by atoms with van der Waals surface area (Å²) in [5, 5.41) is 12.6. The third kappa shape index (κ3) is 4.29. The number of hydrogen-bond donors (Lipinski definition) is 1. The van der Waals surface area contributed by atoms with Gasteiger partial charge in [0.1, 0.15) is 11.8 Å². The third-order valence-corrected chi connectivity index (χ3v) is 3.91. The Morgan fingerprint density at radius 2 is 2.25 bits per heavy atom. The van der Waals surface area contributed by atoms with E-state index in [2.05, 4.69) is 28.2 Å². The molecule has 1 N–H and O–H groups in total. The van der Waals surface area contributed by atoms with E-state index in [1.165, 1.54) is 12.8 Å². The maximum absolute atomic E-state index is 9.14. The van der Waals surface area contributed by atoms with E-state index in [0.29, 0.717) is 5.69 Å². The van der Waals surface area contributed by atoms with E-state index in [0.717, 1.165) is 50.6 Å². The first-order valence-corrected chi connectivity index (χ1v) is 7.60. The Kier molecular flexibility index (Phi) is 5.97. The van der Waals surface area contributed by atoms with Crippen LogP contribution in [-0.2, 0) is 6.54 Å². The molecule has 0 radical (unpaired) electrons. The molecule has 1 fully saturated rings. The fourth-order valence-electron chi connectivity index (χ4n) is 2.89. The fraction of sp³-hybridized carbons (Fsp3) is 0.625. The maximum Gasteiger partial charge on any atom is 0.144 e. The number of piperidine rings is 1. The van der Waals surface area contributed by atoms with Crippen LogP contribution in [0.5, 0.6) is 0 Å². The lowest BCUT2D eigenvalue weighted by Gasteiger charge is -2.30. The zero-order valence-corrected chi connectivity index (χ0v) is 12.3. The van der Waals surface area contributed by atoms with Crippen LogP contribution in [0.2, 0.25) is 0 Å². The zero-order valence-electron chi connectivity index (χ0n) is 12.3. The summed E-state index contributed by atoms with van der Waals surface area (Å²) in [5.41, 5.74) is 1.62. The van der Waals surface area contributed by atoms with Crippen LogP contribution in [0, 0.1) is 17.2 Å². The maximum atomic E-state index is 9.14. The average molecular weight is 272 g/mol. The highest BCUT2D eigenvalue weighted by Gasteiger charge is 2.17. The van der Waals surface area contributed by atoms with Gasteiger partial charge < -0.3 is 5.32 Å². The highest BCUT2D eigenvalue weighted by atomic mass is 15.1. The molecule has 0 aromatic carbocycles. The Hall–Kier alpha value is -1.44. The van der Waals surface area contributed by atoms with Gasteiger partial charge in [-0.25, -0.2) is 4.98 Å². The molecule has 1 saturated heterocycles. The minimum absolute atomic E-state index is 0.568. The van der Waals surface area contributed by atoms with Crippen LogP contribution in [0.1, 0.15) is 37.4 Å². The van der Waals surface area contributed by atoms with Gasteiger partial charge in [-0.05, 0) is 50.9 Å². The van der Waals surface area contributed by atoms with Crippen LogP contribution >= 0.6 is 0 Å². The second-order valence-corrected chi connectivity index (χ2v) is 5.55. The van der Waals surface area contributed by atoms with Crippen molar-refractivity contribution in [2.45, 2.75) is 32.7 Å². The standard InChI is InChI=1S/C16H24N4/c1-2-10-20(12-14-5-8-18-9-6-14)13-15-4-3-7-19-16(15)11-17/h3-4,7,14,18H,2,5-6,8-10,12-13H2,1H3. The van der Waals surface area contributed by atoms with Gasteiger partial charge in [-0.3, -0.25) is 4.90 Å². The number of nitrogens with zero attached hydrogens (tertiary/aromatic N) is 3. The van der Waals surface area contributed by atoms with E-state index in [1.807, 2.05) is 12.1 Å². The van der Waals surface area contributed by atoms with E-state index in [4.69, 9.17) is 5.26 Å². The number of hydrogen-bond acceptors (Lipinski definition) is 4. The van der Waals surface area contributed by atoms with Crippen LogP contribution in [-0.4, -0.2) is 36.1 Å². The van der Waals surface area contributed by atoms with Gasteiger partial charge in [-0.2, -0.15) is 5.26 Å². The van der Waals surface area contributed by atoms with Gasteiger partial charge in [0.15, 0.2) is 0 Å². The number of nitrogens with one attached hydrogen (secondary N) is 1. The zero-order chi connectivity index (χ0) is 14.2. The van der Waals surface area contributed by atoms with Crippen molar-refractivity contribution in [3.8, 4) is 6.07 Å². The van der Waals surface area contributed by atoms with E-state index < -0.39 is 0 Å². The van der Waals surface area contributed by atoms with Crippen LogP contribution in [0.15, 0.2) is 18.3 Å². The molecule has 2 heterocycles. The molecular weight excluding hydrogens is 248 g/mol. The summed E-state index contributed by atoms with van der Waals surface area (Å²) in [5.74, 6) is 0.782. The Morgan fingerprint density at radius 3 is 2.95 bits per heavy atom. The minimum Gasteiger partial charge on any atom is -0.317 e. The Labute approximate surface area is 121 Å². The molecule has 0 unspecified atom stereocenters. The van der Waals surface area contributed by atoms with Crippen molar-refractivity contribution < 1.29 is 0 Å². The van der Waals surface area contributed by atoms with Gasteiger partial charge in [-0.15, -0.1) is 0 Å². The predicted molar refractivity (Wildman–Crippen MR) is 80.1 cm³/mol. The molecule has 1 aromatic rings. The van der Waals surface area contributed by atoms with Crippen LogP contribution in [0.4, 0.5) is 0 Å². The number of aromatic nitrogens is 1. The van der Waals surface area contributed by atoms with Gasteiger partial charge in [-0.1, -0.05) is 13.0 Å². The van der Waals surface area contributed by atoms with Crippen molar-refractivity contribution in [2.24, 2.45) is 5.92 Å². The van der Waals surface area contributed by atoms with Crippen LogP contribution < -0.4 is 5.32 Å². The third-order valence-electron chi connectivity index (χ3n) is 3.91. The van der Waals surface area contributed by atoms with Gasteiger partial charge >= 0.3 is 0 Å². The number of pyridine rings is 1. The van der Waals surface area contributed by atoms with E-state index >= 15 is 0 Å². The summed E-state index contributed by atoms with van der Waals surface area (Å²) in [7, 11) is 0. The summed E-state index contributed by atoms with van der Waals surface area (Å²) >= 11 is 0. The van der Waals surface area contributed by atoms with E-state index in [-0.39, 0.29) is 0 Å².